The molecular formula is C16H24BrNO2. The molecule has 0 saturated heterocycles. The Labute approximate surface area is 129 Å². The fourth-order valence-electron chi connectivity index (χ4n) is 2.02. The Morgan fingerprint density at radius 2 is 2.15 bits per heavy atom. The molecule has 1 rings (SSSR count). The number of carbonyl (C=O) groups excluding carboxylic acids is 1. The predicted molar refractivity (Wildman–Crippen MR) is 85.6 cm³/mol. The fraction of sp³-hybridized carbons (Fsp3) is 0.562. The standard InChI is InChI=1S/C16H24BrNO2/c1-16(2,9-4-10-19)12-18-15(20)8-7-13-5-3-6-14(17)11-13/h3,5-6,11,19H,4,7-10,12H2,1-2H3,(H,18,20). The number of carbonyl (C=O) groups is 1. The van der Waals surface area contributed by atoms with Crippen LogP contribution in [0.2, 0.25) is 0 Å². The molecule has 1 aromatic carbocycles. The van der Waals surface area contributed by atoms with Gasteiger partial charge in [-0.05, 0) is 42.4 Å². The van der Waals surface area contributed by atoms with Crippen LogP contribution in [0.4, 0.5) is 0 Å². The van der Waals surface area contributed by atoms with Crippen LogP contribution in [-0.2, 0) is 11.2 Å². The van der Waals surface area contributed by atoms with E-state index in [0.29, 0.717) is 13.0 Å². The summed E-state index contributed by atoms with van der Waals surface area (Å²) in [6.07, 6.45) is 2.95. The summed E-state index contributed by atoms with van der Waals surface area (Å²) >= 11 is 3.43. The normalized spacial score (nSPS) is 11.4. The third kappa shape index (κ3) is 7.06. The number of hydrogen-bond donors (Lipinski definition) is 2. The van der Waals surface area contributed by atoms with E-state index in [1.165, 1.54) is 0 Å². The first-order valence-corrected chi connectivity index (χ1v) is 7.84. The van der Waals surface area contributed by atoms with Crippen LogP contribution in [0.1, 0.15) is 38.7 Å². The van der Waals surface area contributed by atoms with Crippen molar-refractivity contribution in [2.75, 3.05) is 13.2 Å². The Kier molecular flexibility index (Phi) is 7.24. The van der Waals surface area contributed by atoms with Crippen molar-refractivity contribution in [2.24, 2.45) is 5.41 Å². The lowest BCUT2D eigenvalue weighted by molar-refractivity contribution is -0.121. The topological polar surface area (TPSA) is 49.3 Å². The van der Waals surface area contributed by atoms with Gasteiger partial charge in [-0.15, -0.1) is 0 Å². The lowest BCUT2D eigenvalue weighted by atomic mass is 9.88. The molecule has 0 aliphatic carbocycles. The number of rotatable bonds is 8. The van der Waals surface area contributed by atoms with Gasteiger partial charge in [0, 0.05) is 24.0 Å². The van der Waals surface area contributed by atoms with Crippen LogP contribution >= 0.6 is 15.9 Å². The molecule has 0 fully saturated rings. The summed E-state index contributed by atoms with van der Waals surface area (Å²) in [7, 11) is 0. The van der Waals surface area contributed by atoms with Crippen LogP contribution < -0.4 is 5.32 Å². The summed E-state index contributed by atoms with van der Waals surface area (Å²) in [6, 6.07) is 8.03. The molecule has 0 heterocycles. The van der Waals surface area contributed by atoms with Crippen LogP contribution in [0, 0.1) is 5.41 Å². The van der Waals surface area contributed by atoms with E-state index in [-0.39, 0.29) is 17.9 Å². The first-order chi connectivity index (χ1) is 9.43. The van der Waals surface area contributed by atoms with Gasteiger partial charge in [0.15, 0.2) is 0 Å². The van der Waals surface area contributed by atoms with E-state index in [9.17, 15) is 4.79 Å². The molecule has 0 saturated carbocycles. The van der Waals surface area contributed by atoms with Gasteiger partial charge in [0.05, 0.1) is 0 Å². The van der Waals surface area contributed by atoms with Gasteiger partial charge < -0.3 is 10.4 Å². The van der Waals surface area contributed by atoms with Gasteiger partial charge in [-0.25, -0.2) is 0 Å². The summed E-state index contributed by atoms with van der Waals surface area (Å²) < 4.78 is 1.04. The largest absolute Gasteiger partial charge is 0.396 e. The minimum absolute atomic E-state index is 0.0359. The quantitative estimate of drug-likeness (QED) is 0.762. The van der Waals surface area contributed by atoms with E-state index in [4.69, 9.17) is 5.11 Å². The third-order valence-corrected chi connectivity index (χ3v) is 3.80. The second-order valence-electron chi connectivity index (χ2n) is 5.90. The van der Waals surface area contributed by atoms with Gasteiger partial charge in [0.1, 0.15) is 0 Å². The monoisotopic (exact) mass is 341 g/mol. The molecule has 0 radical (unpaired) electrons. The van der Waals surface area contributed by atoms with Crippen molar-refractivity contribution in [2.45, 2.75) is 39.5 Å². The summed E-state index contributed by atoms with van der Waals surface area (Å²) in [5.41, 5.74) is 1.20. The highest BCUT2D eigenvalue weighted by Gasteiger charge is 2.18. The van der Waals surface area contributed by atoms with E-state index in [1.807, 2.05) is 24.3 Å². The van der Waals surface area contributed by atoms with Crippen molar-refractivity contribution in [1.29, 1.82) is 0 Å². The zero-order chi connectivity index (χ0) is 15.0. The van der Waals surface area contributed by atoms with Crippen molar-refractivity contribution in [3.63, 3.8) is 0 Å². The Bertz CT molecular complexity index is 432. The number of benzene rings is 1. The Morgan fingerprint density at radius 1 is 1.40 bits per heavy atom. The third-order valence-electron chi connectivity index (χ3n) is 3.31. The molecule has 0 aliphatic rings. The Hall–Kier alpha value is -0.870. The van der Waals surface area contributed by atoms with Crippen molar-refractivity contribution in [1.82, 2.24) is 5.32 Å². The molecule has 112 valence electrons. The molecule has 0 bridgehead atoms. The maximum absolute atomic E-state index is 11.8. The summed E-state index contributed by atoms with van der Waals surface area (Å²) in [4.78, 5) is 11.8. The van der Waals surface area contributed by atoms with Crippen LogP contribution in [0.25, 0.3) is 0 Å². The van der Waals surface area contributed by atoms with Gasteiger partial charge in [-0.3, -0.25) is 4.79 Å². The number of aliphatic hydroxyl groups excluding tert-OH is 1. The van der Waals surface area contributed by atoms with Crippen LogP contribution in [0.3, 0.4) is 0 Å². The molecule has 1 aromatic rings. The highest BCUT2D eigenvalue weighted by molar-refractivity contribution is 9.10. The average Bonchev–Trinajstić information content (AvgIpc) is 2.41. The lowest BCUT2D eigenvalue weighted by Gasteiger charge is -2.24. The first kappa shape index (κ1) is 17.2. The molecule has 0 aromatic heterocycles. The van der Waals surface area contributed by atoms with Crippen LogP contribution in [0.15, 0.2) is 28.7 Å². The number of aryl methyl sites for hydroxylation is 1. The molecule has 0 spiro atoms. The average molecular weight is 342 g/mol. The first-order valence-electron chi connectivity index (χ1n) is 7.05. The highest BCUT2D eigenvalue weighted by Crippen LogP contribution is 2.20. The lowest BCUT2D eigenvalue weighted by Crippen LogP contribution is -2.34. The number of aliphatic hydroxyl groups is 1. The Balaban J connectivity index is 2.30. The van der Waals surface area contributed by atoms with Crippen molar-refractivity contribution < 1.29 is 9.90 Å². The number of nitrogens with one attached hydrogen (secondary N) is 1. The number of hydrogen-bond acceptors (Lipinski definition) is 2. The smallest absolute Gasteiger partial charge is 0.220 e. The summed E-state index contributed by atoms with van der Waals surface area (Å²) in [5, 5.41) is 11.8. The molecule has 0 aliphatic heterocycles. The van der Waals surface area contributed by atoms with Crippen molar-refractivity contribution in [3.8, 4) is 0 Å². The van der Waals surface area contributed by atoms with Gasteiger partial charge in [0.2, 0.25) is 5.91 Å². The van der Waals surface area contributed by atoms with Gasteiger partial charge in [-0.2, -0.15) is 0 Å². The van der Waals surface area contributed by atoms with Crippen LogP contribution in [-0.4, -0.2) is 24.2 Å². The predicted octanol–water partition coefficient (Wildman–Crippen LogP) is 3.30. The molecule has 0 atom stereocenters. The van der Waals surface area contributed by atoms with E-state index in [1.54, 1.807) is 0 Å². The molecule has 4 heteroatoms. The zero-order valence-corrected chi connectivity index (χ0v) is 13.9. The number of amides is 1. The Morgan fingerprint density at radius 3 is 2.80 bits per heavy atom. The van der Waals surface area contributed by atoms with E-state index in [2.05, 4.69) is 35.1 Å². The maximum atomic E-state index is 11.8. The van der Waals surface area contributed by atoms with Crippen LogP contribution in [0.5, 0.6) is 0 Å². The van der Waals surface area contributed by atoms with Gasteiger partial charge >= 0.3 is 0 Å². The number of halogens is 1. The summed E-state index contributed by atoms with van der Waals surface area (Å²) in [6.45, 7) is 5.08. The zero-order valence-electron chi connectivity index (χ0n) is 12.3. The van der Waals surface area contributed by atoms with E-state index < -0.39 is 0 Å². The minimum atomic E-state index is 0.0359. The second kappa shape index (κ2) is 8.42. The molecular weight excluding hydrogens is 318 g/mol. The van der Waals surface area contributed by atoms with E-state index in [0.717, 1.165) is 29.3 Å². The fourth-order valence-corrected chi connectivity index (χ4v) is 2.47. The molecule has 3 nitrogen and oxygen atoms in total. The molecule has 1 amide bonds. The van der Waals surface area contributed by atoms with Crippen molar-refractivity contribution >= 4 is 21.8 Å². The van der Waals surface area contributed by atoms with Gasteiger partial charge in [-0.1, -0.05) is 41.9 Å². The van der Waals surface area contributed by atoms with Gasteiger partial charge in [0.25, 0.3) is 0 Å². The molecule has 2 N–H and O–H groups in total. The summed E-state index contributed by atoms with van der Waals surface area (Å²) in [5.74, 6) is 0.0852. The molecule has 0 unspecified atom stereocenters. The second-order valence-corrected chi connectivity index (χ2v) is 6.81. The maximum Gasteiger partial charge on any atom is 0.220 e. The highest BCUT2D eigenvalue weighted by atomic mass is 79.9. The van der Waals surface area contributed by atoms with E-state index >= 15 is 0 Å². The van der Waals surface area contributed by atoms with Crippen molar-refractivity contribution in [3.05, 3.63) is 34.3 Å². The molecule has 20 heavy (non-hydrogen) atoms. The SMILES string of the molecule is CC(C)(CCCO)CNC(=O)CCc1cccc(Br)c1. The minimum Gasteiger partial charge on any atom is -0.396 e.